The van der Waals surface area contributed by atoms with E-state index in [0.29, 0.717) is 28.4 Å². The quantitative estimate of drug-likeness (QED) is 0.606. The zero-order valence-corrected chi connectivity index (χ0v) is 12.6. The van der Waals surface area contributed by atoms with Crippen molar-refractivity contribution in [3.05, 3.63) is 66.5 Å². The summed E-state index contributed by atoms with van der Waals surface area (Å²) in [5.41, 5.74) is 8.94. The average molecular weight is 319 g/mol. The minimum absolute atomic E-state index is 0.168. The van der Waals surface area contributed by atoms with E-state index in [1.807, 2.05) is 16.7 Å². The molecule has 3 aromatic heterocycles. The summed E-state index contributed by atoms with van der Waals surface area (Å²) in [6.07, 6.45) is 3.29. The van der Waals surface area contributed by atoms with Crippen LogP contribution in [0.5, 0.6) is 0 Å². The lowest BCUT2D eigenvalue weighted by Crippen LogP contribution is -2.02. The van der Waals surface area contributed by atoms with E-state index in [-0.39, 0.29) is 5.56 Å². The van der Waals surface area contributed by atoms with E-state index in [4.69, 9.17) is 8.48 Å². The maximum absolute atomic E-state index is 9.53. The predicted molar refractivity (Wildman–Crippen MR) is 92.4 cm³/mol. The highest BCUT2D eigenvalue weighted by molar-refractivity contribution is 5.82. The van der Waals surface area contributed by atoms with Gasteiger partial charge in [-0.25, -0.2) is 15.0 Å². The Morgan fingerprint density at radius 1 is 1.04 bits per heavy atom. The fourth-order valence-corrected chi connectivity index (χ4v) is 2.63. The molecule has 0 spiro atoms. The van der Waals surface area contributed by atoms with Crippen LogP contribution in [0.15, 0.2) is 60.9 Å². The lowest BCUT2D eigenvalue weighted by molar-refractivity contribution is 0.282. The van der Waals surface area contributed by atoms with Crippen molar-refractivity contribution < 1.29 is 7.85 Å². The predicted octanol–water partition coefficient (Wildman–Crippen LogP) is 2.56. The van der Waals surface area contributed by atoms with Gasteiger partial charge < -0.3 is 10.8 Å². The van der Waals surface area contributed by atoms with Gasteiger partial charge in [0.15, 0.2) is 11.5 Å². The van der Waals surface area contributed by atoms with E-state index in [1.54, 1.807) is 36.7 Å². The molecule has 6 heteroatoms. The maximum atomic E-state index is 9.53. The Labute approximate surface area is 141 Å². The molecular formula is C18H15N5O. The van der Waals surface area contributed by atoms with Crippen molar-refractivity contribution in [1.82, 2.24) is 19.5 Å². The number of fused-ring (bicyclic) bond motifs is 1. The van der Waals surface area contributed by atoms with Gasteiger partial charge in [-0.3, -0.25) is 4.57 Å². The Hall–Kier alpha value is -3.25. The molecule has 0 fully saturated rings. The molecule has 0 saturated heterocycles. The lowest BCUT2D eigenvalue weighted by Gasteiger charge is -2.10. The van der Waals surface area contributed by atoms with Crippen LogP contribution in [0.4, 0.5) is 5.82 Å². The minimum Gasteiger partial charge on any atom is -0.392 e. The van der Waals surface area contributed by atoms with Gasteiger partial charge in [0.25, 0.3) is 0 Å². The van der Waals surface area contributed by atoms with Gasteiger partial charge in [0.1, 0.15) is 11.3 Å². The Bertz CT molecular complexity index is 1090. The van der Waals surface area contributed by atoms with Crippen LogP contribution in [0.2, 0.25) is 0 Å². The number of aliphatic hydroxyl groups is 1. The number of hydrogen-bond acceptors (Lipinski definition) is 5. The van der Waals surface area contributed by atoms with Gasteiger partial charge in [-0.2, -0.15) is 0 Å². The first-order chi connectivity index (χ1) is 12.4. The summed E-state index contributed by atoms with van der Waals surface area (Å²) in [6, 6.07) is 13.7. The smallest absolute Gasteiger partial charge is 0.164 e. The highest BCUT2D eigenvalue weighted by Crippen LogP contribution is 2.29. The molecule has 0 saturated carbocycles. The van der Waals surface area contributed by atoms with Crippen LogP contribution >= 0.6 is 0 Å². The van der Waals surface area contributed by atoms with E-state index in [9.17, 15) is 5.11 Å². The van der Waals surface area contributed by atoms with Gasteiger partial charge in [-0.15, -0.1) is 0 Å². The van der Waals surface area contributed by atoms with E-state index in [2.05, 4.69) is 15.0 Å². The van der Waals surface area contributed by atoms with E-state index < -0.39 is 6.56 Å². The van der Waals surface area contributed by atoms with Crippen molar-refractivity contribution >= 4 is 17.0 Å². The maximum Gasteiger partial charge on any atom is 0.164 e. The molecule has 0 atom stereocenters. The van der Waals surface area contributed by atoms with Crippen molar-refractivity contribution in [2.24, 2.45) is 0 Å². The standard InChI is InChI=1S/C18H15N5O/c19-16-14(3-1-9-20-16)17-22-15-4-2-10-21-18(15)23(17)13-7-5-12(11-24)6-8-13/h1-10,24H,11H2,(H2,19,20)/i11D2. The summed E-state index contributed by atoms with van der Waals surface area (Å²) in [4.78, 5) is 13.2. The number of pyridine rings is 2. The van der Waals surface area contributed by atoms with Gasteiger partial charge in [0.05, 0.1) is 14.9 Å². The number of benzene rings is 1. The summed E-state index contributed by atoms with van der Waals surface area (Å²) in [5, 5.41) is 9.53. The van der Waals surface area contributed by atoms with Gasteiger partial charge in [0.2, 0.25) is 0 Å². The molecule has 118 valence electrons. The van der Waals surface area contributed by atoms with Crippen LogP contribution in [0, 0.1) is 0 Å². The van der Waals surface area contributed by atoms with Gasteiger partial charge >= 0.3 is 0 Å². The molecule has 0 radical (unpaired) electrons. The third-order valence-corrected chi connectivity index (χ3v) is 3.75. The molecule has 24 heavy (non-hydrogen) atoms. The largest absolute Gasteiger partial charge is 0.392 e. The molecule has 4 aromatic rings. The second-order valence-corrected chi connectivity index (χ2v) is 5.21. The molecular weight excluding hydrogens is 302 g/mol. The zero-order chi connectivity index (χ0) is 18.3. The molecule has 0 aliphatic heterocycles. The van der Waals surface area contributed by atoms with Crippen molar-refractivity contribution in [2.75, 3.05) is 5.73 Å². The number of anilines is 1. The Morgan fingerprint density at radius 2 is 1.79 bits per heavy atom. The third kappa shape index (κ3) is 2.29. The minimum atomic E-state index is -2.40. The molecule has 0 amide bonds. The average Bonchev–Trinajstić information content (AvgIpc) is 3.00. The molecule has 0 aliphatic carbocycles. The SMILES string of the molecule is [2H]C([2H])(O)c1ccc(-n2c(-c3cccnc3N)nc3cccnc32)cc1. The number of nitrogens with two attached hydrogens (primary N) is 1. The van der Waals surface area contributed by atoms with E-state index >= 15 is 0 Å². The number of nitrogen functional groups attached to an aromatic ring is 1. The van der Waals surface area contributed by atoms with Crippen molar-refractivity contribution in [3.8, 4) is 17.1 Å². The number of rotatable bonds is 3. The molecule has 0 unspecified atom stereocenters. The first-order valence-corrected chi connectivity index (χ1v) is 7.33. The highest BCUT2D eigenvalue weighted by Gasteiger charge is 2.17. The molecule has 3 N–H and O–H groups in total. The van der Waals surface area contributed by atoms with Crippen LogP contribution < -0.4 is 5.73 Å². The zero-order valence-electron chi connectivity index (χ0n) is 14.6. The second kappa shape index (κ2) is 5.75. The highest BCUT2D eigenvalue weighted by atomic mass is 16.3. The third-order valence-electron chi connectivity index (χ3n) is 3.75. The summed E-state index contributed by atoms with van der Waals surface area (Å²) in [6.45, 7) is -2.40. The summed E-state index contributed by atoms with van der Waals surface area (Å²) >= 11 is 0. The van der Waals surface area contributed by atoms with Crippen LogP contribution in [0.1, 0.15) is 8.30 Å². The van der Waals surface area contributed by atoms with E-state index in [0.717, 1.165) is 5.69 Å². The Morgan fingerprint density at radius 3 is 2.54 bits per heavy atom. The normalized spacial score (nSPS) is 12.9. The van der Waals surface area contributed by atoms with Crippen LogP contribution in [0.25, 0.3) is 28.2 Å². The first-order valence-electron chi connectivity index (χ1n) is 8.33. The van der Waals surface area contributed by atoms with Gasteiger partial charge in [-0.05, 0) is 42.0 Å². The number of hydrogen-bond donors (Lipinski definition) is 2. The monoisotopic (exact) mass is 319 g/mol. The summed E-state index contributed by atoms with van der Waals surface area (Å²) in [7, 11) is 0. The van der Waals surface area contributed by atoms with Crippen LogP contribution in [-0.4, -0.2) is 24.6 Å². The number of imidazole rings is 1. The Kier molecular flexibility index (Phi) is 2.92. The topological polar surface area (TPSA) is 89.8 Å². The summed E-state index contributed by atoms with van der Waals surface area (Å²) in [5.74, 6) is 0.941. The van der Waals surface area contributed by atoms with E-state index in [1.165, 1.54) is 12.1 Å². The Balaban J connectivity index is 1.97. The first kappa shape index (κ1) is 12.2. The van der Waals surface area contributed by atoms with Gasteiger partial charge in [-0.1, -0.05) is 12.1 Å². The van der Waals surface area contributed by atoms with Crippen LogP contribution in [0.3, 0.4) is 0 Å². The molecule has 1 aromatic carbocycles. The molecule has 6 nitrogen and oxygen atoms in total. The molecule has 0 aliphatic rings. The lowest BCUT2D eigenvalue weighted by atomic mass is 10.2. The fraction of sp³-hybridized carbons (Fsp3) is 0.0556. The van der Waals surface area contributed by atoms with Gasteiger partial charge in [0, 0.05) is 18.1 Å². The fourth-order valence-electron chi connectivity index (χ4n) is 2.63. The molecule has 4 rings (SSSR count). The molecule has 0 bridgehead atoms. The number of aromatic nitrogens is 4. The van der Waals surface area contributed by atoms with Crippen molar-refractivity contribution in [2.45, 2.75) is 6.56 Å². The second-order valence-electron chi connectivity index (χ2n) is 5.21. The van der Waals surface area contributed by atoms with Crippen molar-refractivity contribution in [1.29, 1.82) is 0 Å². The molecule has 3 heterocycles. The van der Waals surface area contributed by atoms with Crippen molar-refractivity contribution in [3.63, 3.8) is 0 Å². The summed E-state index contributed by atoms with van der Waals surface area (Å²) < 4.78 is 16.7. The van der Waals surface area contributed by atoms with Crippen LogP contribution in [-0.2, 0) is 6.56 Å². The number of nitrogens with zero attached hydrogens (tertiary/aromatic N) is 4.